The number of hydrogen-bond acceptors (Lipinski definition) is 7. The Kier molecular flexibility index (Phi) is 8.95. The van der Waals surface area contributed by atoms with E-state index in [0.29, 0.717) is 42.5 Å². The molecule has 2 aromatic heterocycles. The van der Waals surface area contributed by atoms with Crippen LogP contribution in [0.3, 0.4) is 0 Å². The van der Waals surface area contributed by atoms with Crippen molar-refractivity contribution in [2.45, 2.75) is 134 Å². The molecule has 0 aromatic carbocycles. The summed E-state index contributed by atoms with van der Waals surface area (Å²) in [5, 5.41) is 11.0. The predicted octanol–water partition coefficient (Wildman–Crippen LogP) is 6.32. The van der Waals surface area contributed by atoms with E-state index in [1.165, 1.54) is 16.8 Å². The highest BCUT2D eigenvalue weighted by molar-refractivity contribution is 5.73. The van der Waals surface area contributed by atoms with Gasteiger partial charge in [-0.1, -0.05) is 6.42 Å². The zero-order valence-electron chi connectivity index (χ0n) is 25.9. The van der Waals surface area contributed by atoms with Gasteiger partial charge in [-0.25, -0.2) is 9.78 Å². The average molecular weight is 599 g/mol. The van der Waals surface area contributed by atoms with Crippen LogP contribution in [-0.4, -0.2) is 73.0 Å². The van der Waals surface area contributed by atoms with Crippen LogP contribution in [0.1, 0.15) is 104 Å². The van der Waals surface area contributed by atoms with Crippen molar-refractivity contribution in [1.82, 2.24) is 19.4 Å². The zero-order chi connectivity index (χ0) is 31.3. The number of aryl methyl sites for hydroxylation is 1. The fourth-order valence-electron chi connectivity index (χ4n) is 6.06. The number of carbonyl (C=O) groups excluding carboxylic acids is 1. The zero-order valence-corrected chi connectivity index (χ0v) is 25.9. The van der Waals surface area contributed by atoms with Gasteiger partial charge >= 0.3 is 12.3 Å². The lowest BCUT2D eigenvalue weighted by molar-refractivity contribution is -0.214. The average Bonchev–Trinajstić information content (AvgIpc) is 3.31. The van der Waals surface area contributed by atoms with Crippen LogP contribution in [0, 0.1) is 0 Å². The highest BCUT2D eigenvalue weighted by atomic mass is 19.4. The van der Waals surface area contributed by atoms with Crippen molar-refractivity contribution in [1.29, 1.82) is 0 Å². The molecule has 0 bridgehead atoms. The number of nitrogens with zero attached hydrogens (tertiary/aromatic N) is 4. The van der Waals surface area contributed by atoms with E-state index < -0.39 is 35.1 Å². The smallest absolute Gasteiger partial charge is 0.412 e. The van der Waals surface area contributed by atoms with Gasteiger partial charge in [-0.2, -0.15) is 13.2 Å². The van der Waals surface area contributed by atoms with Gasteiger partial charge in [0.05, 0.1) is 42.9 Å². The summed E-state index contributed by atoms with van der Waals surface area (Å²) in [6.45, 7) is 13.2. The highest BCUT2D eigenvalue weighted by Gasteiger charge is 2.60. The predicted molar refractivity (Wildman–Crippen MR) is 151 cm³/mol. The molecule has 9 nitrogen and oxygen atoms in total. The minimum atomic E-state index is -4.36. The molecule has 2 fully saturated rings. The molecule has 1 saturated heterocycles. The number of alkyl halides is 3. The van der Waals surface area contributed by atoms with Crippen molar-refractivity contribution in [3.05, 3.63) is 23.7 Å². The topological polar surface area (TPSA) is 98.9 Å². The molecule has 236 valence electrons. The number of aliphatic hydroxyl groups is 1. The van der Waals surface area contributed by atoms with Gasteiger partial charge in [-0.05, 0) is 86.6 Å². The summed E-state index contributed by atoms with van der Waals surface area (Å²) >= 11 is 0. The molecule has 3 heterocycles. The number of aliphatic hydroxyl groups excluding tert-OH is 1. The first-order chi connectivity index (χ1) is 19.4. The second kappa shape index (κ2) is 11.6. The third-order valence-corrected chi connectivity index (χ3v) is 8.29. The molecule has 1 unspecified atom stereocenters. The summed E-state index contributed by atoms with van der Waals surface area (Å²) in [5.74, 6) is 0. The summed E-state index contributed by atoms with van der Waals surface area (Å²) < 4.78 is 61.3. The van der Waals surface area contributed by atoms with Crippen molar-refractivity contribution in [3.63, 3.8) is 0 Å². The van der Waals surface area contributed by atoms with Gasteiger partial charge in [0.15, 0.2) is 5.65 Å². The molecule has 0 radical (unpaired) electrons. The molecule has 12 heteroatoms. The van der Waals surface area contributed by atoms with Gasteiger partial charge in [-0.15, -0.1) is 0 Å². The fourth-order valence-corrected chi connectivity index (χ4v) is 6.06. The SMILES string of the molecule is CC(C)O[C@H](CCCC(O)c1cnc2cc(C3(C(F)(F)F)CCC3)n(C)c2n1)[C@@H]1COC(C)(C)N1C(=O)OC(C)(C)C. The summed E-state index contributed by atoms with van der Waals surface area (Å²) in [4.78, 5) is 23.6. The molecule has 42 heavy (non-hydrogen) atoms. The highest BCUT2D eigenvalue weighted by Crippen LogP contribution is 2.55. The van der Waals surface area contributed by atoms with Crippen LogP contribution in [0.4, 0.5) is 18.0 Å². The van der Waals surface area contributed by atoms with E-state index in [0.717, 1.165) is 0 Å². The fraction of sp³-hybridized carbons (Fsp3) is 0.767. The van der Waals surface area contributed by atoms with Gasteiger partial charge < -0.3 is 23.9 Å². The van der Waals surface area contributed by atoms with E-state index in [2.05, 4.69) is 9.97 Å². The Morgan fingerprint density at radius 1 is 1.21 bits per heavy atom. The van der Waals surface area contributed by atoms with E-state index in [9.17, 15) is 23.1 Å². The van der Waals surface area contributed by atoms with Gasteiger partial charge in [0.2, 0.25) is 0 Å². The van der Waals surface area contributed by atoms with E-state index >= 15 is 0 Å². The monoisotopic (exact) mass is 598 g/mol. The second-order valence-corrected chi connectivity index (χ2v) is 13.4. The molecule has 2 aromatic rings. The minimum absolute atomic E-state index is 0.0460. The first kappa shape index (κ1) is 32.5. The minimum Gasteiger partial charge on any atom is -0.444 e. The molecule has 1 saturated carbocycles. The number of amides is 1. The van der Waals surface area contributed by atoms with E-state index in [1.807, 2.05) is 48.5 Å². The molecule has 3 atom stereocenters. The Bertz CT molecular complexity index is 1270. The van der Waals surface area contributed by atoms with Crippen LogP contribution >= 0.6 is 0 Å². The summed E-state index contributed by atoms with van der Waals surface area (Å²) in [5.41, 5.74) is -2.29. The Morgan fingerprint density at radius 2 is 1.88 bits per heavy atom. The normalized spacial score (nSPS) is 21.9. The molecular formula is C30H45F3N4O5. The molecule has 0 spiro atoms. The number of rotatable bonds is 9. The number of halogens is 3. The molecule has 2 aliphatic rings. The first-order valence-electron chi connectivity index (χ1n) is 14.8. The maximum Gasteiger partial charge on any atom is 0.412 e. The number of ether oxygens (including phenoxy) is 3. The largest absolute Gasteiger partial charge is 0.444 e. The molecular weight excluding hydrogens is 553 g/mol. The van der Waals surface area contributed by atoms with Crippen molar-refractivity contribution in [2.75, 3.05) is 6.61 Å². The van der Waals surface area contributed by atoms with E-state index in [-0.39, 0.29) is 43.4 Å². The van der Waals surface area contributed by atoms with Crippen LogP contribution in [0.15, 0.2) is 12.3 Å². The number of hydrogen-bond donors (Lipinski definition) is 1. The van der Waals surface area contributed by atoms with Crippen molar-refractivity contribution >= 4 is 17.3 Å². The van der Waals surface area contributed by atoms with Gasteiger partial charge in [0.1, 0.15) is 22.3 Å². The lowest BCUT2D eigenvalue weighted by atomic mass is 9.66. The first-order valence-corrected chi connectivity index (χ1v) is 14.8. The number of aromatic nitrogens is 3. The lowest BCUT2D eigenvalue weighted by Gasteiger charge is -2.43. The number of fused-ring (bicyclic) bond motifs is 1. The number of carbonyl (C=O) groups is 1. The maximum absolute atomic E-state index is 14.0. The van der Waals surface area contributed by atoms with Crippen LogP contribution in [0.2, 0.25) is 0 Å². The van der Waals surface area contributed by atoms with Gasteiger partial charge in [0.25, 0.3) is 0 Å². The van der Waals surface area contributed by atoms with Crippen LogP contribution < -0.4 is 0 Å². The Labute approximate surface area is 245 Å². The third kappa shape index (κ3) is 6.40. The van der Waals surface area contributed by atoms with Crippen molar-refractivity contribution in [3.8, 4) is 0 Å². The van der Waals surface area contributed by atoms with Crippen molar-refractivity contribution in [2.24, 2.45) is 7.05 Å². The second-order valence-electron chi connectivity index (χ2n) is 13.4. The van der Waals surface area contributed by atoms with Crippen molar-refractivity contribution < 1.29 is 37.3 Å². The Balaban J connectivity index is 1.47. The van der Waals surface area contributed by atoms with Crippen LogP contribution in [0.25, 0.3) is 11.2 Å². The summed E-state index contributed by atoms with van der Waals surface area (Å²) in [7, 11) is 1.57. The lowest BCUT2D eigenvalue weighted by Crippen LogP contribution is -2.54. The molecule has 1 N–H and O–H groups in total. The molecule has 1 amide bonds. The molecule has 1 aliphatic heterocycles. The summed E-state index contributed by atoms with van der Waals surface area (Å²) in [6.07, 6.45) is -2.88. The Morgan fingerprint density at radius 3 is 2.43 bits per heavy atom. The van der Waals surface area contributed by atoms with Crippen LogP contribution in [-0.2, 0) is 26.7 Å². The van der Waals surface area contributed by atoms with Gasteiger partial charge in [0, 0.05) is 12.7 Å². The van der Waals surface area contributed by atoms with Crippen LogP contribution in [0.5, 0.6) is 0 Å². The standard InChI is InChI=1S/C30H45F3N4O5/c1-18(2)41-23(21-17-40-28(6,7)37(21)26(39)42-27(3,4)5)12-9-11-22(38)20-16-34-19-15-24(36(8)25(19)35-20)29(13-10-14-29)30(31,32)33/h15-16,18,21-23,38H,9-14,17H2,1-8H3/t21-,22?,23+/m0/s1. The molecule has 4 rings (SSSR count). The maximum atomic E-state index is 14.0. The van der Waals surface area contributed by atoms with E-state index in [1.54, 1.807) is 11.9 Å². The van der Waals surface area contributed by atoms with Gasteiger partial charge in [-0.3, -0.25) is 9.88 Å². The quantitative estimate of drug-likeness (QED) is 0.361. The Hall–Kier alpha value is -2.44. The van der Waals surface area contributed by atoms with E-state index in [4.69, 9.17) is 14.2 Å². The molecule has 1 aliphatic carbocycles. The third-order valence-electron chi connectivity index (χ3n) is 8.29. The summed E-state index contributed by atoms with van der Waals surface area (Å²) in [6, 6.07) is 1.08.